The van der Waals surface area contributed by atoms with Crippen molar-refractivity contribution in [2.75, 3.05) is 26.3 Å². The third-order valence-corrected chi connectivity index (χ3v) is 1.81. The zero-order chi connectivity index (χ0) is 12.6. The first-order valence-electron chi connectivity index (χ1n) is 5.58. The first kappa shape index (κ1) is 14.7. The fraction of sp³-hybridized carbons (Fsp3) is 0.818. The Morgan fingerprint density at radius 3 is 2.25 bits per heavy atom. The molecule has 5 nitrogen and oxygen atoms in total. The SMILES string of the molecule is CCOC(=O)CN(CC)C(=O)OCC(C)C. The van der Waals surface area contributed by atoms with Crippen molar-refractivity contribution in [1.82, 2.24) is 4.90 Å². The van der Waals surface area contributed by atoms with E-state index in [0.29, 0.717) is 19.8 Å². The first-order valence-corrected chi connectivity index (χ1v) is 5.58. The summed E-state index contributed by atoms with van der Waals surface area (Å²) in [6, 6.07) is 0. The van der Waals surface area contributed by atoms with Crippen LogP contribution in [0, 0.1) is 5.92 Å². The maximum absolute atomic E-state index is 11.5. The predicted molar refractivity (Wildman–Crippen MR) is 60.1 cm³/mol. The van der Waals surface area contributed by atoms with Crippen LogP contribution in [-0.4, -0.2) is 43.3 Å². The summed E-state index contributed by atoms with van der Waals surface area (Å²) in [4.78, 5) is 24.0. The molecule has 0 aliphatic carbocycles. The zero-order valence-corrected chi connectivity index (χ0v) is 10.5. The third kappa shape index (κ3) is 6.27. The summed E-state index contributed by atoms with van der Waals surface area (Å²) >= 11 is 0. The van der Waals surface area contributed by atoms with E-state index in [1.807, 2.05) is 13.8 Å². The van der Waals surface area contributed by atoms with E-state index < -0.39 is 12.1 Å². The number of ether oxygens (including phenoxy) is 2. The van der Waals surface area contributed by atoms with Gasteiger partial charge in [0, 0.05) is 6.54 Å². The number of carbonyl (C=O) groups is 2. The summed E-state index contributed by atoms with van der Waals surface area (Å²) in [7, 11) is 0. The number of rotatable bonds is 6. The van der Waals surface area contributed by atoms with Gasteiger partial charge in [0.05, 0.1) is 13.2 Å². The lowest BCUT2D eigenvalue weighted by Gasteiger charge is -2.19. The van der Waals surface area contributed by atoms with Crippen molar-refractivity contribution >= 4 is 12.1 Å². The van der Waals surface area contributed by atoms with Crippen LogP contribution in [0.5, 0.6) is 0 Å². The van der Waals surface area contributed by atoms with E-state index in [0.717, 1.165) is 0 Å². The lowest BCUT2D eigenvalue weighted by molar-refractivity contribution is -0.144. The van der Waals surface area contributed by atoms with E-state index in [-0.39, 0.29) is 12.5 Å². The fourth-order valence-corrected chi connectivity index (χ4v) is 0.997. The van der Waals surface area contributed by atoms with E-state index in [1.165, 1.54) is 4.90 Å². The maximum Gasteiger partial charge on any atom is 0.410 e. The Bertz CT molecular complexity index is 228. The summed E-state index contributed by atoms with van der Waals surface area (Å²) in [6.45, 7) is 8.47. The van der Waals surface area contributed by atoms with Crippen LogP contribution in [0.15, 0.2) is 0 Å². The highest BCUT2D eigenvalue weighted by Gasteiger charge is 2.17. The zero-order valence-electron chi connectivity index (χ0n) is 10.5. The Labute approximate surface area is 96.7 Å². The first-order chi connectivity index (χ1) is 7.51. The number of esters is 1. The molecule has 0 saturated carbocycles. The Hall–Kier alpha value is -1.26. The molecule has 0 aromatic rings. The molecule has 0 aromatic carbocycles. The van der Waals surface area contributed by atoms with Gasteiger partial charge in [0.25, 0.3) is 0 Å². The number of nitrogens with zero attached hydrogens (tertiary/aromatic N) is 1. The van der Waals surface area contributed by atoms with Gasteiger partial charge in [-0.15, -0.1) is 0 Å². The van der Waals surface area contributed by atoms with Crippen molar-refractivity contribution in [1.29, 1.82) is 0 Å². The second-order valence-corrected chi connectivity index (χ2v) is 3.79. The van der Waals surface area contributed by atoms with Crippen molar-refractivity contribution in [2.24, 2.45) is 5.92 Å². The molecule has 5 heteroatoms. The van der Waals surface area contributed by atoms with Crippen molar-refractivity contribution in [3.8, 4) is 0 Å². The molecule has 0 atom stereocenters. The minimum atomic E-state index is -0.468. The molecule has 0 aliphatic rings. The number of likely N-dealkylation sites (N-methyl/N-ethyl adjacent to an activating group) is 1. The van der Waals surface area contributed by atoms with Gasteiger partial charge in [0.2, 0.25) is 0 Å². The monoisotopic (exact) mass is 231 g/mol. The van der Waals surface area contributed by atoms with E-state index >= 15 is 0 Å². The molecule has 0 N–H and O–H groups in total. The van der Waals surface area contributed by atoms with Crippen molar-refractivity contribution < 1.29 is 19.1 Å². The van der Waals surface area contributed by atoms with Crippen molar-refractivity contribution in [3.63, 3.8) is 0 Å². The number of hydrogen-bond donors (Lipinski definition) is 0. The van der Waals surface area contributed by atoms with Crippen molar-refractivity contribution in [3.05, 3.63) is 0 Å². The molecule has 0 heterocycles. The number of carbonyl (C=O) groups excluding carboxylic acids is 2. The van der Waals surface area contributed by atoms with Crippen LogP contribution >= 0.6 is 0 Å². The van der Waals surface area contributed by atoms with Gasteiger partial charge in [0.15, 0.2) is 0 Å². The summed E-state index contributed by atoms with van der Waals surface area (Å²) in [6.07, 6.45) is -0.468. The quantitative estimate of drug-likeness (QED) is 0.652. The van der Waals surface area contributed by atoms with Gasteiger partial charge in [0.1, 0.15) is 6.54 Å². The molecule has 16 heavy (non-hydrogen) atoms. The summed E-state index contributed by atoms with van der Waals surface area (Å²) < 4.78 is 9.78. The average Bonchev–Trinajstić information content (AvgIpc) is 2.22. The van der Waals surface area contributed by atoms with Gasteiger partial charge in [-0.1, -0.05) is 13.8 Å². The van der Waals surface area contributed by atoms with Crippen LogP contribution in [-0.2, 0) is 14.3 Å². The second kappa shape index (κ2) is 7.96. The van der Waals surface area contributed by atoms with Gasteiger partial charge < -0.3 is 9.47 Å². The van der Waals surface area contributed by atoms with Crippen LogP contribution in [0.4, 0.5) is 4.79 Å². The molecule has 0 bridgehead atoms. The summed E-state index contributed by atoms with van der Waals surface area (Å²) in [5.74, 6) is -0.129. The predicted octanol–water partition coefficient (Wildman–Crippen LogP) is 1.66. The van der Waals surface area contributed by atoms with E-state index in [1.54, 1.807) is 13.8 Å². The highest BCUT2D eigenvalue weighted by Crippen LogP contribution is 1.99. The van der Waals surface area contributed by atoms with E-state index in [4.69, 9.17) is 9.47 Å². The molecular weight excluding hydrogens is 210 g/mol. The molecule has 0 saturated heterocycles. The molecule has 0 aliphatic heterocycles. The molecular formula is C11H21NO4. The molecule has 94 valence electrons. The summed E-state index contributed by atoms with van der Waals surface area (Å²) in [5.41, 5.74) is 0. The fourth-order valence-electron chi connectivity index (χ4n) is 0.997. The molecule has 0 radical (unpaired) electrons. The van der Waals surface area contributed by atoms with Gasteiger partial charge in [-0.25, -0.2) is 4.79 Å². The minimum Gasteiger partial charge on any atom is -0.465 e. The highest BCUT2D eigenvalue weighted by molar-refractivity contribution is 5.78. The average molecular weight is 231 g/mol. The Balaban J connectivity index is 4.06. The van der Waals surface area contributed by atoms with Gasteiger partial charge in [-0.3, -0.25) is 9.69 Å². The standard InChI is InChI=1S/C11H21NO4/c1-5-12(7-10(13)15-6-2)11(14)16-8-9(3)4/h9H,5-8H2,1-4H3. The van der Waals surface area contributed by atoms with Crippen LogP contribution in [0.2, 0.25) is 0 Å². The van der Waals surface area contributed by atoms with Crippen LogP contribution in [0.3, 0.4) is 0 Å². The summed E-state index contributed by atoms with van der Waals surface area (Å²) in [5, 5.41) is 0. The van der Waals surface area contributed by atoms with Crippen molar-refractivity contribution in [2.45, 2.75) is 27.7 Å². The van der Waals surface area contributed by atoms with E-state index in [2.05, 4.69) is 0 Å². The topological polar surface area (TPSA) is 55.8 Å². The van der Waals surface area contributed by atoms with Gasteiger partial charge >= 0.3 is 12.1 Å². The third-order valence-electron chi connectivity index (χ3n) is 1.81. The normalized spacial score (nSPS) is 10.1. The van der Waals surface area contributed by atoms with Crippen LogP contribution < -0.4 is 0 Å². The smallest absolute Gasteiger partial charge is 0.410 e. The molecule has 0 unspecified atom stereocenters. The molecule has 0 aromatic heterocycles. The van der Waals surface area contributed by atoms with E-state index in [9.17, 15) is 9.59 Å². The molecule has 0 rings (SSSR count). The van der Waals surface area contributed by atoms with Crippen LogP contribution in [0.25, 0.3) is 0 Å². The Kier molecular flexibility index (Phi) is 7.33. The largest absolute Gasteiger partial charge is 0.465 e. The van der Waals surface area contributed by atoms with Gasteiger partial charge in [-0.2, -0.15) is 0 Å². The van der Waals surface area contributed by atoms with Gasteiger partial charge in [-0.05, 0) is 19.8 Å². The Morgan fingerprint density at radius 2 is 1.81 bits per heavy atom. The molecule has 0 spiro atoms. The lowest BCUT2D eigenvalue weighted by Crippen LogP contribution is -2.37. The number of amides is 1. The molecule has 1 amide bonds. The minimum absolute atomic E-state index is 0.0543. The van der Waals surface area contributed by atoms with Crippen LogP contribution in [0.1, 0.15) is 27.7 Å². The molecule has 0 fully saturated rings. The number of hydrogen-bond acceptors (Lipinski definition) is 4. The second-order valence-electron chi connectivity index (χ2n) is 3.79. The lowest BCUT2D eigenvalue weighted by atomic mass is 10.2. The highest BCUT2D eigenvalue weighted by atomic mass is 16.6. The Morgan fingerprint density at radius 1 is 1.19 bits per heavy atom. The maximum atomic E-state index is 11.5.